The molecule has 9 heteroatoms. The molecular weight excluding hydrogens is 568 g/mol. The number of furan rings is 1. The molecular formula is C27H15BrCrO7. The van der Waals surface area contributed by atoms with Gasteiger partial charge in [-0.05, 0) is 57.4 Å². The molecule has 5 rings (SSSR count). The Kier molecular flexibility index (Phi) is 18.6. The van der Waals surface area contributed by atoms with Gasteiger partial charge in [0.25, 0.3) is 0 Å². The van der Waals surface area contributed by atoms with Gasteiger partial charge in [0.2, 0.25) is 0 Å². The first-order valence-corrected chi connectivity index (χ1v) is 10.0. The number of benzene rings is 4. The van der Waals surface area contributed by atoms with Crippen LogP contribution in [0.4, 0.5) is 0 Å². The molecule has 0 spiro atoms. The monoisotopic (exact) mass is 582 g/mol. The van der Waals surface area contributed by atoms with Crippen molar-refractivity contribution in [1.82, 2.24) is 0 Å². The van der Waals surface area contributed by atoms with E-state index in [1.165, 1.54) is 37.9 Å². The Bertz CT molecular complexity index is 1480. The molecule has 7 nitrogen and oxygen atoms in total. The second-order valence-corrected chi connectivity index (χ2v) is 7.25. The van der Waals surface area contributed by atoms with Gasteiger partial charge in [0.15, 0.2) is 0 Å². The minimum Gasteiger partial charge on any atom is 0 e. The summed E-state index contributed by atoms with van der Waals surface area (Å²) in [4.78, 5) is 0. The van der Waals surface area contributed by atoms with E-state index in [1.807, 2.05) is 0 Å². The maximum absolute atomic E-state index is 7.50. The molecule has 0 aliphatic carbocycles. The van der Waals surface area contributed by atoms with Crippen LogP contribution in [-0.4, -0.2) is 7.11 Å². The second-order valence-electron chi connectivity index (χ2n) is 6.33. The van der Waals surface area contributed by atoms with Gasteiger partial charge < -0.3 is 9.15 Å². The molecule has 5 aromatic rings. The van der Waals surface area contributed by atoms with E-state index in [1.54, 1.807) is 7.11 Å². The maximum atomic E-state index is 7.50. The Labute approximate surface area is 226 Å². The van der Waals surface area contributed by atoms with Crippen molar-refractivity contribution >= 4 is 59.4 Å². The van der Waals surface area contributed by atoms with E-state index in [-0.39, 0.29) is 17.4 Å². The smallest absolute Gasteiger partial charge is 0 e. The second kappa shape index (κ2) is 19.1. The molecule has 0 bridgehead atoms. The number of hydrogen-bond donors (Lipinski definition) is 0. The summed E-state index contributed by atoms with van der Waals surface area (Å²) in [5.41, 5.74) is 3.01. The van der Waals surface area contributed by atoms with E-state index >= 15 is 0 Å². The Morgan fingerprint density at radius 2 is 1.08 bits per heavy atom. The molecule has 0 atom stereocenters. The average Bonchev–Trinajstić information content (AvgIpc) is 3.34. The fourth-order valence-electron chi connectivity index (χ4n) is 3.68. The first-order chi connectivity index (χ1) is 17.2. The van der Waals surface area contributed by atoms with Crippen LogP contribution in [0.15, 0.2) is 69.6 Å². The van der Waals surface area contributed by atoms with Crippen molar-refractivity contribution in [3.05, 3.63) is 104 Å². The van der Waals surface area contributed by atoms with Gasteiger partial charge in [-0.25, -0.2) is 0 Å². The molecule has 36 heavy (non-hydrogen) atoms. The summed E-state index contributed by atoms with van der Waals surface area (Å²) >= 11 is 3.61. The first kappa shape index (κ1) is 35.0. The van der Waals surface area contributed by atoms with E-state index in [0.717, 1.165) is 15.6 Å². The van der Waals surface area contributed by atoms with Crippen LogP contribution >= 0.6 is 15.9 Å². The number of methoxy groups -OCH3 is 1. The van der Waals surface area contributed by atoms with Gasteiger partial charge in [-0.15, -0.1) is 0 Å². The van der Waals surface area contributed by atoms with Gasteiger partial charge in [0, 0.05) is 39.7 Å². The summed E-state index contributed by atoms with van der Waals surface area (Å²) in [7, 11) is 1.73. The van der Waals surface area contributed by atoms with Crippen LogP contribution in [0, 0.1) is 33.3 Å². The number of hydrogen-bond acceptors (Lipinski definition) is 2. The summed E-state index contributed by atoms with van der Waals surface area (Å²) in [6, 6.07) is 21.2. The van der Waals surface area contributed by atoms with Crippen LogP contribution in [-0.2, 0) is 52.0 Å². The molecule has 1 heterocycles. The Balaban J connectivity index is 0. The van der Waals surface area contributed by atoms with Gasteiger partial charge in [-0.3, -0.25) is 0 Å². The van der Waals surface area contributed by atoms with Crippen molar-refractivity contribution in [2.45, 2.75) is 6.61 Å². The number of rotatable bonds is 2. The minimum atomic E-state index is 0. The van der Waals surface area contributed by atoms with Crippen molar-refractivity contribution < 1.29 is 49.8 Å². The van der Waals surface area contributed by atoms with Gasteiger partial charge in [0.05, 0.1) is 6.61 Å². The zero-order valence-electron chi connectivity index (χ0n) is 18.6. The summed E-state index contributed by atoms with van der Waals surface area (Å²) in [5.74, 6) is 0. The quantitative estimate of drug-likeness (QED) is 0.172. The predicted octanol–water partition coefficient (Wildman–Crippen LogP) is 6.61. The van der Waals surface area contributed by atoms with E-state index < -0.39 is 0 Å². The van der Waals surface area contributed by atoms with Crippen molar-refractivity contribution in [1.29, 1.82) is 0 Å². The van der Waals surface area contributed by atoms with E-state index in [0.29, 0.717) is 6.61 Å². The zero-order valence-corrected chi connectivity index (χ0v) is 21.5. The fraction of sp³-hybridized carbons (Fsp3) is 0.0741. The molecule has 0 amide bonds. The normalized spacial score (nSPS) is 8.56. The standard InChI is InChI=1S/C22H15BrO2.5CO.Cr/c1-24-12-13-2-3-14-5-8-19-21(17(14)10-13)22-18-11-16(23)7-4-15(18)6-9-20(22)25-19;5*1-2;/h2-11H,12H2,1H3;;;;;;. The number of halogens is 1. The first-order valence-electron chi connectivity index (χ1n) is 9.22. The van der Waals surface area contributed by atoms with Crippen LogP contribution in [0.3, 0.4) is 0 Å². The molecule has 0 saturated heterocycles. The predicted molar refractivity (Wildman–Crippen MR) is 127 cm³/mol. The molecule has 0 aliphatic rings. The average molecular weight is 583 g/mol. The molecule has 0 unspecified atom stereocenters. The molecule has 0 aliphatic heterocycles. The molecule has 1 aromatic heterocycles. The van der Waals surface area contributed by atoms with Gasteiger partial charge >= 0.3 is 56.5 Å². The minimum absolute atomic E-state index is 0. The Morgan fingerprint density at radius 1 is 0.667 bits per heavy atom. The fourth-order valence-corrected chi connectivity index (χ4v) is 4.04. The van der Waals surface area contributed by atoms with Crippen molar-refractivity contribution in [2.24, 2.45) is 0 Å². The maximum Gasteiger partial charge on any atom is 0 e. The molecule has 0 radical (unpaired) electrons. The number of ether oxygens (including phenoxy) is 1. The van der Waals surface area contributed by atoms with Crippen LogP contribution in [0.1, 0.15) is 5.56 Å². The molecule has 0 fully saturated rings. The van der Waals surface area contributed by atoms with E-state index in [9.17, 15) is 0 Å². The zero-order chi connectivity index (χ0) is 27.0. The van der Waals surface area contributed by atoms with E-state index in [4.69, 9.17) is 32.4 Å². The third kappa shape index (κ3) is 7.69. The topological polar surface area (TPSA) is 122 Å². The summed E-state index contributed by atoms with van der Waals surface area (Å²) < 4.78 is 50.0. The number of fused-ring (bicyclic) bond motifs is 7. The molecule has 0 saturated carbocycles. The van der Waals surface area contributed by atoms with Gasteiger partial charge in [-0.2, -0.15) is 0 Å². The molecule has 0 N–H and O–H groups in total. The summed E-state index contributed by atoms with van der Waals surface area (Å²) in [6.45, 7) is 23.1. The van der Waals surface area contributed by atoms with Crippen molar-refractivity contribution in [2.75, 3.05) is 7.11 Å². The van der Waals surface area contributed by atoms with Crippen LogP contribution in [0.2, 0.25) is 0 Å². The summed E-state index contributed by atoms with van der Waals surface area (Å²) in [5, 5.41) is 7.18. The largest absolute Gasteiger partial charge is 0 e. The van der Waals surface area contributed by atoms with Gasteiger partial charge in [0.1, 0.15) is 11.2 Å². The Hall–Kier alpha value is -3.13. The van der Waals surface area contributed by atoms with Crippen molar-refractivity contribution in [3.63, 3.8) is 0 Å². The van der Waals surface area contributed by atoms with Gasteiger partial charge in [-0.1, -0.05) is 46.3 Å². The van der Waals surface area contributed by atoms with Crippen molar-refractivity contribution in [3.8, 4) is 0 Å². The van der Waals surface area contributed by atoms with Crippen LogP contribution in [0.25, 0.3) is 43.5 Å². The van der Waals surface area contributed by atoms with E-state index in [2.05, 4.69) is 110 Å². The van der Waals surface area contributed by atoms with Crippen LogP contribution < -0.4 is 0 Å². The third-order valence-corrected chi connectivity index (χ3v) is 5.27. The third-order valence-electron chi connectivity index (χ3n) is 4.77. The molecule has 178 valence electrons. The van der Waals surface area contributed by atoms with Crippen LogP contribution in [0.5, 0.6) is 0 Å². The Morgan fingerprint density at radius 3 is 1.56 bits per heavy atom. The molecule has 4 aromatic carbocycles. The SMILES string of the molecule is COCc1ccc2ccc3oc4ccc5ccc(Br)cc5c4c3c2c1.[C-]#[O+].[C-]#[O+].[C-]#[O+].[C-]#[O+].[C-]#[O+].[Cr]. The summed E-state index contributed by atoms with van der Waals surface area (Å²) in [6.07, 6.45) is 0.